The fourth-order valence-electron chi connectivity index (χ4n) is 9.42. The average Bonchev–Trinajstić information content (AvgIpc) is 3.72. The van der Waals surface area contributed by atoms with Crippen LogP contribution in [0.15, 0.2) is 212 Å². The average molecular weight is 686 g/mol. The summed E-state index contributed by atoms with van der Waals surface area (Å²) in [7, 11) is 0. The second kappa shape index (κ2) is 12.0. The summed E-state index contributed by atoms with van der Waals surface area (Å²) in [6.07, 6.45) is 0. The zero-order valence-electron chi connectivity index (χ0n) is 29.7. The van der Waals surface area contributed by atoms with E-state index in [0.29, 0.717) is 0 Å². The fourth-order valence-corrected chi connectivity index (χ4v) is 9.42. The van der Waals surface area contributed by atoms with Gasteiger partial charge in [-0.1, -0.05) is 182 Å². The van der Waals surface area contributed by atoms with Crippen molar-refractivity contribution in [2.24, 2.45) is 0 Å². The molecule has 1 spiro atoms. The van der Waals surface area contributed by atoms with Crippen LogP contribution in [0.25, 0.3) is 55.3 Å². The summed E-state index contributed by atoms with van der Waals surface area (Å²) in [5.74, 6) is 0. The number of para-hydroxylation sites is 1. The number of nitrogens with zero attached hydrogens (tertiary/aromatic N) is 1. The van der Waals surface area contributed by atoms with Gasteiger partial charge in [0.2, 0.25) is 0 Å². The Morgan fingerprint density at radius 1 is 0.296 bits per heavy atom. The van der Waals surface area contributed by atoms with E-state index in [0.717, 1.165) is 11.4 Å². The molecule has 0 aromatic heterocycles. The summed E-state index contributed by atoms with van der Waals surface area (Å²) in [5.41, 5.74) is 18.4. The highest BCUT2D eigenvalue weighted by atomic mass is 15.1. The summed E-state index contributed by atoms with van der Waals surface area (Å²) in [6, 6.07) is 78.2. The highest BCUT2D eigenvalue weighted by molar-refractivity contribution is 6.02. The third-order valence-electron chi connectivity index (χ3n) is 11.7. The topological polar surface area (TPSA) is 3.24 Å². The van der Waals surface area contributed by atoms with Gasteiger partial charge in [-0.25, -0.2) is 0 Å². The lowest BCUT2D eigenvalue weighted by molar-refractivity contribution is 0.794. The molecule has 0 bridgehead atoms. The van der Waals surface area contributed by atoms with Gasteiger partial charge in [0.05, 0.1) is 16.8 Å². The Bertz CT molecular complexity index is 2840. The second-order valence-electron chi connectivity index (χ2n) is 14.4. The van der Waals surface area contributed by atoms with Gasteiger partial charge in [-0.3, -0.25) is 0 Å². The van der Waals surface area contributed by atoms with Gasteiger partial charge in [-0.15, -0.1) is 0 Å². The number of hydrogen-bond donors (Lipinski definition) is 0. The molecular formula is C53H35N. The zero-order valence-corrected chi connectivity index (χ0v) is 29.7. The molecule has 0 aliphatic heterocycles. The van der Waals surface area contributed by atoms with Crippen LogP contribution in [0.2, 0.25) is 0 Å². The van der Waals surface area contributed by atoms with Crippen molar-refractivity contribution in [1.29, 1.82) is 0 Å². The van der Waals surface area contributed by atoms with Crippen molar-refractivity contribution < 1.29 is 0 Å². The van der Waals surface area contributed by atoms with Gasteiger partial charge < -0.3 is 4.90 Å². The van der Waals surface area contributed by atoms with Crippen molar-refractivity contribution >= 4 is 27.8 Å². The van der Waals surface area contributed by atoms with Crippen LogP contribution in [0.1, 0.15) is 22.3 Å². The van der Waals surface area contributed by atoms with Crippen LogP contribution in [0, 0.1) is 0 Å². The van der Waals surface area contributed by atoms with Crippen molar-refractivity contribution in [1.82, 2.24) is 0 Å². The van der Waals surface area contributed by atoms with E-state index >= 15 is 0 Å². The lowest BCUT2D eigenvalue weighted by Crippen LogP contribution is -2.26. The van der Waals surface area contributed by atoms with Gasteiger partial charge in [0, 0.05) is 16.8 Å². The Morgan fingerprint density at radius 3 is 1.54 bits per heavy atom. The Hall–Kier alpha value is -6.96. The molecule has 54 heavy (non-hydrogen) atoms. The molecule has 9 aromatic rings. The van der Waals surface area contributed by atoms with Gasteiger partial charge >= 0.3 is 0 Å². The third-order valence-corrected chi connectivity index (χ3v) is 11.7. The molecule has 1 nitrogen and oxygen atoms in total. The standard InChI is InChI=1S/C53H35N/c1-2-16-38(17-3-1)42-19-9-13-27-50(42)54(41-33-31-37(32-34-41)40-30-29-36-15-4-5-18-39(36)35-40)51-28-14-26-49-52(51)45-22-8-12-25-48(45)53(49)46-23-10-6-20-43(46)44-21-7-11-24-47(44)53/h1-35H. The second-order valence-corrected chi connectivity index (χ2v) is 14.4. The SMILES string of the molecule is c1ccc(-c2ccccc2N(c2ccc(-c3ccc4ccccc4c3)cc2)c2cccc3c2-c2ccccc2C32c3ccccc3-c3ccccc32)cc1. The van der Waals surface area contributed by atoms with Gasteiger partial charge in [0.25, 0.3) is 0 Å². The number of rotatable bonds is 5. The first-order valence-corrected chi connectivity index (χ1v) is 18.8. The highest BCUT2D eigenvalue weighted by Gasteiger charge is 2.52. The van der Waals surface area contributed by atoms with E-state index in [1.54, 1.807) is 0 Å². The predicted octanol–water partition coefficient (Wildman–Crippen LogP) is 14.0. The van der Waals surface area contributed by atoms with E-state index < -0.39 is 5.41 Å². The van der Waals surface area contributed by atoms with Crippen molar-refractivity contribution in [2.45, 2.75) is 5.41 Å². The summed E-state index contributed by atoms with van der Waals surface area (Å²) < 4.78 is 0. The van der Waals surface area contributed by atoms with Crippen LogP contribution in [0.4, 0.5) is 17.1 Å². The Kier molecular flexibility index (Phi) is 6.84. The van der Waals surface area contributed by atoms with Crippen molar-refractivity contribution in [3.05, 3.63) is 235 Å². The quantitative estimate of drug-likeness (QED) is 0.174. The van der Waals surface area contributed by atoms with Crippen LogP contribution in [-0.2, 0) is 5.41 Å². The van der Waals surface area contributed by atoms with E-state index in [4.69, 9.17) is 0 Å². The molecule has 0 atom stereocenters. The Morgan fingerprint density at radius 2 is 0.815 bits per heavy atom. The molecule has 0 unspecified atom stereocenters. The fraction of sp³-hybridized carbons (Fsp3) is 0.0189. The van der Waals surface area contributed by atoms with E-state index in [2.05, 4.69) is 217 Å². The maximum atomic E-state index is 2.49. The van der Waals surface area contributed by atoms with Crippen LogP contribution >= 0.6 is 0 Å². The molecule has 2 aliphatic carbocycles. The molecule has 0 saturated carbocycles. The Balaban J connectivity index is 1.17. The molecule has 252 valence electrons. The minimum atomic E-state index is -0.417. The summed E-state index contributed by atoms with van der Waals surface area (Å²) in [4.78, 5) is 2.49. The molecule has 0 saturated heterocycles. The largest absolute Gasteiger partial charge is 0.309 e. The van der Waals surface area contributed by atoms with E-state index in [1.807, 2.05) is 0 Å². The molecule has 1 heteroatoms. The molecule has 9 aromatic carbocycles. The molecule has 0 fully saturated rings. The van der Waals surface area contributed by atoms with Crippen molar-refractivity contribution in [2.75, 3.05) is 4.90 Å². The number of hydrogen-bond acceptors (Lipinski definition) is 1. The molecule has 0 amide bonds. The number of fused-ring (bicyclic) bond motifs is 11. The normalized spacial score (nSPS) is 13.0. The lowest BCUT2D eigenvalue weighted by atomic mass is 9.70. The molecule has 0 N–H and O–H groups in total. The zero-order chi connectivity index (χ0) is 35.6. The van der Waals surface area contributed by atoms with Crippen LogP contribution in [0.5, 0.6) is 0 Å². The maximum absolute atomic E-state index is 2.49. The molecule has 0 heterocycles. The monoisotopic (exact) mass is 685 g/mol. The van der Waals surface area contributed by atoms with Crippen LogP contribution in [0.3, 0.4) is 0 Å². The van der Waals surface area contributed by atoms with Gasteiger partial charge in [0.15, 0.2) is 0 Å². The molecular weight excluding hydrogens is 651 g/mol. The van der Waals surface area contributed by atoms with Gasteiger partial charge in [-0.05, 0) is 96.7 Å². The van der Waals surface area contributed by atoms with Crippen molar-refractivity contribution in [3.8, 4) is 44.5 Å². The highest BCUT2D eigenvalue weighted by Crippen LogP contribution is 2.64. The first-order valence-electron chi connectivity index (χ1n) is 18.8. The van der Waals surface area contributed by atoms with E-state index in [1.165, 1.54) is 83.2 Å². The first kappa shape index (κ1) is 30.6. The van der Waals surface area contributed by atoms with Crippen LogP contribution in [-0.4, -0.2) is 0 Å². The third kappa shape index (κ3) is 4.39. The molecule has 0 radical (unpaired) electrons. The number of anilines is 3. The minimum Gasteiger partial charge on any atom is -0.309 e. The van der Waals surface area contributed by atoms with Crippen LogP contribution < -0.4 is 4.90 Å². The van der Waals surface area contributed by atoms with Gasteiger partial charge in [0.1, 0.15) is 0 Å². The summed E-state index contributed by atoms with van der Waals surface area (Å²) >= 11 is 0. The van der Waals surface area contributed by atoms with Gasteiger partial charge in [-0.2, -0.15) is 0 Å². The molecule has 11 rings (SSSR count). The summed E-state index contributed by atoms with van der Waals surface area (Å²) in [5, 5.41) is 2.50. The van der Waals surface area contributed by atoms with Crippen molar-refractivity contribution in [3.63, 3.8) is 0 Å². The molecule has 2 aliphatic rings. The maximum Gasteiger partial charge on any atom is 0.0726 e. The first-order chi connectivity index (χ1) is 26.8. The lowest BCUT2D eigenvalue weighted by Gasteiger charge is -2.32. The number of benzene rings is 9. The van der Waals surface area contributed by atoms with E-state index in [9.17, 15) is 0 Å². The minimum absolute atomic E-state index is 0.417. The van der Waals surface area contributed by atoms with E-state index in [-0.39, 0.29) is 0 Å². The predicted molar refractivity (Wildman–Crippen MR) is 226 cm³/mol. The summed E-state index contributed by atoms with van der Waals surface area (Å²) in [6.45, 7) is 0. The Labute approximate surface area is 316 Å². The smallest absolute Gasteiger partial charge is 0.0726 e.